The quantitative estimate of drug-likeness (QED) is 0.370. The van der Waals surface area contributed by atoms with Gasteiger partial charge in [-0.15, -0.1) is 0 Å². The second-order valence-corrected chi connectivity index (χ2v) is 5.72. The number of esters is 1. The summed E-state index contributed by atoms with van der Waals surface area (Å²) >= 11 is 0. The van der Waals surface area contributed by atoms with E-state index in [1.807, 2.05) is 0 Å². The van der Waals surface area contributed by atoms with Gasteiger partial charge in [-0.25, -0.2) is 4.79 Å². The largest absolute Gasteiger partial charge is 0.456 e. The molecule has 0 unspecified atom stereocenters. The molecule has 0 bridgehead atoms. The highest BCUT2D eigenvalue weighted by Gasteiger charge is 2.35. The monoisotopic (exact) mass is 252 g/mol. The SMILES string of the molecule is C=C(C)C(=O)OC1(CCCCCC)CCCCC1. The van der Waals surface area contributed by atoms with Gasteiger partial charge in [0, 0.05) is 5.57 Å². The number of carbonyl (C=O) groups excluding carboxylic acids is 1. The Kier molecular flexibility index (Phi) is 6.45. The van der Waals surface area contributed by atoms with Crippen LogP contribution in [-0.4, -0.2) is 11.6 Å². The first-order valence-corrected chi connectivity index (χ1v) is 7.48. The van der Waals surface area contributed by atoms with Crippen molar-refractivity contribution in [1.29, 1.82) is 0 Å². The number of hydrogen-bond acceptors (Lipinski definition) is 2. The van der Waals surface area contributed by atoms with E-state index in [4.69, 9.17) is 4.74 Å². The highest BCUT2D eigenvalue weighted by Crippen LogP contribution is 2.36. The maximum absolute atomic E-state index is 11.8. The molecule has 0 radical (unpaired) electrons. The lowest BCUT2D eigenvalue weighted by Crippen LogP contribution is -2.37. The standard InChI is InChI=1S/C16H28O2/c1-4-5-6-8-11-16(12-9-7-10-13-16)18-15(17)14(2)3/h2,4-13H2,1,3H3. The van der Waals surface area contributed by atoms with Crippen LogP contribution in [0, 0.1) is 0 Å². The van der Waals surface area contributed by atoms with Crippen LogP contribution < -0.4 is 0 Å². The minimum absolute atomic E-state index is 0.179. The van der Waals surface area contributed by atoms with Crippen LogP contribution in [0.1, 0.15) is 78.1 Å². The Bertz CT molecular complexity index is 275. The maximum Gasteiger partial charge on any atom is 0.333 e. The number of rotatable bonds is 7. The van der Waals surface area contributed by atoms with Gasteiger partial charge in [0.15, 0.2) is 0 Å². The third-order valence-electron chi connectivity index (χ3n) is 3.91. The van der Waals surface area contributed by atoms with Crippen molar-refractivity contribution in [2.24, 2.45) is 0 Å². The Hall–Kier alpha value is -0.790. The van der Waals surface area contributed by atoms with Crippen LogP contribution in [0.25, 0.3) is 0 Å². The van der Waals surface area contributed by atoms with Crippen molar-refractivity contribution in [2.75, 3.05) is 0 Å². The van der Waals surface area contributed by atoms with Crippen molar-refractivity contribution in [3.05, 3.63) is 12.2 Å². The zero-order valence-corrected chi connectivity index (χ0v) is 12.1. The smallest absolute Gasteiger partial charge is 0.333 e. The highest BCUT2D eigenvalue weighted by molar-refractivity contribution is 5.87. The Morgan fingerprint density at radius 2 is 1.83 bits per heavy atom. The molecule has 1 aliphatic carbocycles. The summed E-state index contributed by atoms with van der Waals surface area (Å²) in [6, 6.07) is 0. The van der Waals surface area contributed by atoms with E-state index >= 15 is 0 Å². The van der Waals surface area contributed by atoms with E-state index in [1.165, 1.54) is 44.9 Å². The third kappa shape index (κ3) is 4.83. The molecule has 18 heavy (non-hydrogen) atoms. The minimum atomic E-state index is -0.201. The lowest BCUT2D eigenvalue weighted by molar-refractivity contribution is -0.159. The normalized spacial score (nSPS) is 18.3. The summed E-state index contributed by atoms with van der Waals surface area (Å²) in [5, 5.41) is 0. The van der Waals surface area contributed by atoms with E-state index in [9.17, 15) is 4.79 Å². The molecular weight excluding hydrogens is 224 g/mol. The van der Waals surface area contributed by atoms with Crippen LogP contribution in [0.2, 0.25) is 0 Å². The molecule has 1 aliphatic rings. The zero-order chi connectivity index (χ0) is 13.4. The second kappa shape index (κ2) is 7.60. The Balaban J connectivity index is 2.51. The second-order valence-electron chi connectivity index (χ2n) is 5.72. The van der Waals surface area contributed by atoms with Gasteiger partial charge < -0.3 is 4.74 Å². The van der Waals surface area contributed by atoms with E-state index in [0.29, 0.717) is 5.57 Å². The molecule has 1 fully saturated rings. The molecule has 0 heterocycles. The van der Waals surface area contributed by atoms with Crippen molar-refractivity contribution in [3.8, 4) is 0 Å². The summed E-state index contributed by atoms with van der Waals surface area (Å²) in [5.74, 6) is -0.201. The van der Waals surface area contributed by atoms with Crippen LogP contribution in [0.5, 0.6) is 0 Å². The molecule has 104 valence electrons. The van der Waals surface area contributed by atoms with Crippen LogP contribution in [0.4, 0.5) is 0 Å². The summed E-state index contributed by atoms with van der Waals surface area (Å²) in [7, 11) is 0. The lowest BCUT2D eigenvalue weighted by atomic mass is 9.81. The van der Waals surface area contributed by atoms with Crippen LogP contribution in [0.3, 0.4) is 0 Å². The van der Waals surface area contributed by atoms with Crippen molar-refractivity contribution in [2.45, 2.75) is 83.7 Å². The summed E-state index contributed by atoms with van der Waals surface area (Å²) in [6.07, 6.45) is 11.7. The molecule has 0 N–H and O–H groups in total. The first-order chi connectivity index (χ1) is 8.59. The van der Waals surface area contributed by atoms with Gasteiger partial charge in [0.2, 0.25) is 0 Å². The zero-order valence-electron chi connectivity index (χ0n) is 12.1. The topological polar surface area (TPSA) is 26.3 Å². The predicted molar refractivity (Wildman–Crippen MR) is 75.5 cm³/mol. The van der Waals surface area contributed by atoms with Crippen LogP contribution in [-0.2, 0) is 9.53 Å². The van der Waals surface area contributed by atoms with Gasteiger partial charge in [-0.1, -0.05) is 39.2 Å². The lowest BCUT2D eigenvalue weighted by Gasteiger charge is -2.37. The van der Waals surface area contributed by atoms with Crippen molar-refractivity contribution >= 4 is 5.97 Å². The van der Waals surface area contributed by atoms with E-state index in [0.717, 1.165) is 19.3 Å². The van der Waals surface area contributed by atoms with Crippen LogP contribution in [0.15, 0.2) is 12.2 Å². The summed E-state index contributed by atoms with van der Waals surface area (Å²) < 4.78 is 5.78. The molecule has 0 aromatic carbocycles. The molecule has 0 amide bonds. The molecule has 0 aromatic heterocycles. The van der Waals surface area contributed by atoms with E-state index in [1.54, 1.807) is 6.92 Å². The van der Waals surface area contributed by atoms with E-state index < -0.39 is 0 Å². The van der Waals surface area contributed by atoms with Crippen LogP contribution >= 0.6 is 0 Å². The van der Waals surface area contributed by atoms with Gasteiger partial charge in [-0.05, 0) is 45.4 Å². The summed E-state index contributed by atoms with van der Waals surface area (Å²) in [6.45, 7) is 7.64. The molecule has 1 rings (SSSR count). The third-order valence-corrected chi connectivity index (χ3v) is 3.91. The van der Waals surface area contributed by atoms with Gasteiger partial charge in [-0.2, -0.15) is 0 Å². The first-order valence-electron chi connectivity index (χ1n) is 7.48. The molecule has 2 nitrogen and oxygen atoms in total. The molecule has 0 aromatic rings. The number of unbranched alkanes of at least 4 members (excludes halogenated alkanes) is 3. The predicted octanol–water partition coefficient (Wildman–Crippen LogP) is 4.78. The Morgan fingerprint density at radius 1 is 1.17 bits per heavy atom. The van der Waals surface area contributed by atoms with Crippen molar-refractivity contribution in [1.82, 2.24) is 0 Å². The average molecular weight is 252 g/mol. The number of hydrogen-bond donors (Lipinski definition) is 0. The number of carbonyl (C=O) groups is 1. The van der Waals surface area contributed by atoms with Gasteiger partial charge in [-0.3, -0.25) is 0 Å². The molecule has 2 heteroatoms. The van der Waals surface area contributed by atoms with Crippen molar-refractivity contribution in [3.63, 3.8) is 0 Å². The van der Waals surface area contributed by atoms with E-state index in [2.05, 4.69) is 13.5 Å². The fraction of sp³-hybridized carbons (Fsp3) is 0.812. The van der Waals surface area contributed by atoms with Gasteiger partial charge in [0.05, 0.1) is 0 Å². The van der Waals surface area contributed by atoms with E-state index in [-0.39, 0.29) is 11.6 Å². The van der Waals surface area contributed by atoms with Crippen molar-refractivity contribution < 1.29 is 9.53 Å². The molecule has 0 saturated heterocycles. The summed E-state index contributed by atoms with van der Waals surface area (Å²) in [4.78, 5) is 11.8. The van der Waals surface area contributed by atoms with Gasteiger partial charge >= 0.3 is 5.97 Å². The Morgan fingerprint density at radius 3 is 2.39 bits per heavy atom. The Labute approximate surface area is 112 Å². The minimum Gasteiger partial charge on any atom is -0.456 e. The first kappa shape index (κ1) is 15.3. The number of ether oxygens (including phenoxy) is 1. The highest BCUT2D eigenvalue weighted by atomic mass is 16.6. The molecular formula is C16H28O2. The molecule has 1 saturated carbocycles. The molecule has 0 atom stereocenters. The molecule has 0 spiro atoms. The maximum atomic E-state index is 11.8. The fourth-order valence-corrected chi connectivity index (χ4v) is 2.76. The molecule has 0 aliphatic heterocycles. The average Bonchev–Trinajstić information content (AvgIpc) is 2.36. The fourth-order valence-electron chi connectivity index (χ4n) is 2.76. The van der Waals surface area contributed by atoms with Gasteiger partial charge in [0.25, 0.3) is 0 Å². The van der Waals surface area contributed by atoms with Gasteiger partial charge in [0.1, 0.15) is 5.60 Å². The summed E-state index contributed by atoms with van der Waals surface area (Å²) in [5.41, 5.74) is 0.343.